The number of ether oxygens (including phenoxy) is 1. The zero-order valence-corrected chi connectivity index (χ0v) is 13.6. The number of rotatable bonds is 3. The number of H-pyrrole nitrogens is 1. The van der Waals surface area contributed by atoms with Crippen LogP contribution < -0.4 is 15.8 Å². The van der Waals surface area contributed by atoms with Crippen molar-refractivity contribution in [1.82, 2.24) is 10.3 Å². The Morgan fingerprint density at radius 1 is 1.21 bits per heavy atom. The number of guanidine groups is 1. The highest BCUT2D eigenvalue weighted by Gasteiger charge is 2.13. The number of aromatic amines is 1. The Balaban J connectivity index is 1.95. The van der Waals surface area contributed by atoms with Crippen molar-refractivity contribution in [3.63, 3.8) is 0 Å². The summed E-state index contributed by atoms with van der Waals surface area (Å²) in [5.41, 5.74) is 6.47. The number of carbonyl (C=O) groups excluding carboxylic acids is 1. The highest BCUT2D eigenvalue weighted by Crippen LogP contribution is 2.32. The van der Waals surface area contributed by atoms with Gasteiger partial charge in [-0.05, 0) is 18.2 Å². The number of nitrogens with one attached hydrogen (secondary N) is 2. The van der Waals surface area contributed by atoms with Crippen molar-refractivity contribution in [2.45, 2.75) is 0 Å². The highest BCUT2D eigenvalue weighted by atomic mass is 35.5. The number of fused-ring (bicyclic) bond motifs is 1. The van der Waals surface area contributed by atoms with Gasteiger partial charge in [0.15, 0.2) is 5.96 Å². The van der Waals surface area contributed by atoms with Gasteiger partial charge in [-0.15, -0.1) is 0 Å². The van der Waals surface area contributed by atoms with Gasteiger partial charge in [0, 0.05) is 24.6 Å². The lowest BCUT2D eigenvalue weighted by Gasteiger charge is -2.06. The third kappa shape index (κ3) is 3.33. The van der Waals surface area contributed by atoms with Crippen molar-refractivity contribution in [2.75, 3.05) is 7.05 Å². The van der Waals surface area contributed by atoms with E-state index in [-0.39, 0.29) is 5.96 Å². The van der Waals surface area contributed by atoms with Gasteiger partial charge in [-0.3, -0.25) is 4.79 Å². The standard InChI is InChI=1S/C17H15ClN4O2/c1-20-17(19)22-16(23)15-9-12-13(18)7-11(8-14(12)21-15)24-10-5-3-2-4-6-10/h2-9,21H,1H3,(H3,19,20,22,23). The number of aliphatic imine (C=N–C) groups is 1. The van der Waals surface area contributed by atoms with Crippen LogP contribution in [0, 0.1) is 0 Å². The van der Waals surface area contributed by atoms with E-state index in [9.17, 15) is 4.79 Å². The van der Waals surface area contributed by atoms with Crippen LogP contribution >= 0.6 is 11.6 Å². The normalized spacial score (nSPS) is 11.5. The lowest BCUT2D eigenvalue weighted by Crippen LogP contribution is -2.28. The number of benzene rings is 2. The average Bonchev–Trinajstić information content (AvgIpc) is 3.00. The molecule has 0 saturated heterocycles. The van der Waals surface area contributed by atoms with Gasteiger partial charge in [-0.25, -0.2) is 0 Å². The van der Waals surface area contributed by atoms with Crippen molar-refractivity contribution in [3.8, 4) is 11.5 Å². The molecule has 24 heavy (non-hydrogen) atoms. The topological polar surface area (TPSA) is 92.5 Å². The third-order valence-electron chi connectivity index (χ3n) is 3.35. The molecule has 1 heterocycles. The first-order valence-corrected chi connectivity index (χ1v) is 7.56. The number of nitrogens with two attached hydrogens (primary N) is 1. The van der Waals surface area contributed by atoms with Crippen LogP contribution in [0.3, 0.4) is 0 Å². The number of nitrogens with zero attached hydrogens (tertiary/aromatic N) is 1. The quantitative estimate of drug-likeness (QED) is 0.503. The van der Waals surface area contributed by atoms with Crippen LogP contribution in [-0.4, -0.2) is 23.9 Å². The molecule has 122 valence electrons. The van der Waals surface area contributed by atoms with Crippen LogP contribution in [0.1, 0.15) is 10.5 Å². The number of carbonyl (C=O) groups is 1. The molecular formula is C17H15ClN4O2. The minimum atomic E-state index is -0.486. The van der Waals surface area contributed by atoms with Crippen molar-refractivity contribution in [3.05, 3.63) is 59.2 Å². The second kappa shape index (κ2) is 6.64. The fraction of sp³-hybridized carbons (Fsp3) is 0.0588. The van der Waals surface area contributed by atoms with Crippen LogP contribution in [0.4, 0.5) is 0 Å². The molecule has 6 nitrogen and oxygen atoms in total. The number of halogens is 1. The van der Waals surface area contributed by atoms with Crippen LogP contribution in [0.15, 0.2) is 53.5 Å². The molecule has 7 heteroatoms. The zero-order chi connectivity index (χ0) is 17.1. The van der Waals surface area contributed by atoms with Gasteiger partial charge in [-0.1, -0.05) is 29.8 Å². The van der Waals surface area contributed by atoms with Gasteiger partial charge in [0.1, 0.15) is 17.2 Å². The third-order valence-corrected chi connectivity index (χ3v) is 3.66. The Hall–Kier alpha value is -2.99. The van der Waals surface area contributed by atoms with Crippen LogP contribution in [0.5, 0.6) is 11.5 Å². The van der Waals surface area contributed by atoms with Crippen molar-refractivity contribution >= 4 is 34.4 Å². The molecule has 2 aromatic carbocycles. The maximum absolute atomic E-state index is 12.1. The molecule has 0 aliphatic rings. The van der Waals surface area contributed by atoms with Crippen LogP contribution in [0.25, 0.3) is 10.9 Å². The molecule has 0 unspecified atom stereocenters. The first-order valence-electron chi connectivity index (χ1n) is 7.18. The molecule has 1 amide bonds. The lowest BCUT2D eigenvalue weighted by atomic mass is 10.2. The summed E-state index contributed by atoms with van der Waals surface area (Å²) >= 11 is 6.30. The number of aromatic nitrogens is 1. The van der Waals surface area contributed by atoms with Gasteiger partial charge < -0.3 is 20.8 Å². The number of para-hydroxylation sites is 1. The van der Waals surface area contributed by atoms with Gasteiger partial charge in [0.05, 0.1) is 10.5 Å². The fourth-order valence-corrected chi connectivity index (χ4v) is 2.46. The van der Waals surface area contributed by atoms with Crippen molar-refractivity contribution in [1.29, 1.82) is 0 Å². The van der Waals surface area contributed by atoms with Gasteiger partial charge >= 0.3 is 0 Å². The van der Waals surface area contributed by atoms with Crippen LogP contribution in [0.2, 0.25) is 5.02 Å². The smallest absolute Gasteiger partial charge is 0.296 e. The maximum Gasteiger partial charge on any atom is 0.296 e. The summed E-state index contributed by atoms with van der Waals surface area (Å²) in [7, 11) is 1.58. The van der Waals surface area contributed by atoms with E-state index in [1.54, 1.807) is 25.2 Å². The second-order valence-electron chi connectivity index (χ2n) is 5.02. The monoisotopic (exact) mass is 342 g/mol. The summed E-state index contributed by atoms with van der Waals surface area (Å²) in [4.78, 5) is 18.8. The summed E-state index contributed by atoms with van der Waals surface area (Å²) in [5.74, 6) is 0.817. The lowest BCUT2D eigenvalue weighted by molar-refractivity contribution is 0.0998. The fourth-order valence-electron chi connectivity index (χ4n) is 2.19. The van der Waals surface area contributed by atoms with E-state index in [0.29, 0.717) is 33.1 Å². The van der Waals surface area contributed by atoms with Crippen LogP contribution in [-0.2, 0) is 0 Å². The summed E-state index contributed by atoms with van der Waals surface area (Å²) in [6.45, 7) is 0. The minimum absolute atomic E-state index is 0.0397. The molecule has 3 aromatic rings. The molecular weight excluding hydrogens is 328 g/mol. The molecule has 0 spiro atoms. The Bertz CT molecular complexity index is 919. The van der Waals surface area contributed by atoms with E-state index in [2.05, 4.69) is 15.3 Å². The van der Waals surface area contributed by atoms with Crippen molar-refractivity contribution in [2.24, 2.45) is 10.7 Å². The van der Waals surface area contributed by atoms with Gasteiger partial charge in [0.25, 0.3) is 5.91 Å². The van der Waals surface area contributed by atoms with Gasteiger partial charge in [-0.2, -0.15) is 4.99 Å². The molecule has 0 fully saturated rings. The predicted octanol–water partition coefficient (Wildman–Crippen LogP) is 3.29. The van der Waals surface area contributed by atoms with E-state index in [0.717, 1.165) is 0 Å². The summed E-state index contributed by atoms with van der Waals surface area (Å²) < 4.78 is 5.77. The molecule has 0 bridgehead atoms. The number of hydrogen-bond donors (Lipinski definition) is 3. The molecule has 0 radical (unpaired) electrons. The molecule has 0 aliphatic carbocycles. The summed E-state index contributed by atoms with van der Waals surface area (Å²) in [6.07, 6.45) is 0. The van der Waals surface area contributed by atoms with E-state index in [1.165, 1.54) is 0 Å². The maximum atomic E-state index is 12.1. The Labute approximate surface area is 143 Å². The van der Waals surface area contributed by atoms with E-state index in [1.807, 2.05) is 30.3 Å². The Kier molecular flexibility index (Phi) is 4.39. The molecule has 4 N–H and O–H groups in total. The van der Waals surface area contributed by atoms with E-state index >= 15 is 0 Å². The predicted molar refractivity (Wildman–Crippen MR) is 94.8 cm³/mol. The Morgan fingerprint density at radius 3 is 2.67 bits per heavy atom. The first kappa shape index (κ1) is 15.9. The first-order chi connectivity index (χ1) is 11.6. The Morgan fingerprint density at radius 2 is 1.96 bits per heavy atom. The van der Waals surface area contributed by atoms with E-state index < -0.39 is 5.91 Å². The highest BCUT2D eigenvalue weighted by molar-refractivity contribution is 6.35. The van der Waals surface area contributed by atoms with Crippen molar-refractivity contribution < 1.29 is 9.53 Å². The molecule has 0 atom stereocenters. The molecule has 0 aliphatic heterocycles. The molecule has 1 aromatic heterocycles. The zero-order valence-electron chi connectivity index (χ0n) is 12.8. The van der Waals surface area contributed by atoms with Gasteiger partial charge in [0.2, 0.25) is 0 Å². The summed E-state index contributed by atoms with van der Waals surface area (Å²) in [6, 6.07) is 14.5. The number of amides is 1. The SMILES string of the molecule is CNC(N)=NC(=O)c1cc2c(Cl)cc(Oc3ccccc3)cc2[nH]1. The second-order valence-corrected chi connectivity index (χ2v) is 5.42. The largest absolute Gasteiger partial charge is 0.457 e. The average molecular weight is 343 g/mol. The minimum Gasteiger partial charge on any atom is -0.457 e. The number of hydrogen-bond acceptors (Lipinski definition) is 2. The molecule has 0 saturated carbocycles. The van der Waals surface area contributed by atoms with E-state index in [4.69, 9.17) is 22.1 Å². The summed E-state index contributed by atoms with van der Waals surface area (Å²) in [5, 5.41) is 3.77. The molecule has 3 rings (SSSR count).